The van der Waals surface area contributed by atoms with E-state index in [-0.39, 0.29) is 77.4 Å². The average Bonchev–Trinajstić information content (AvgIpc) is 1.34. The molecule has 3 aromatic heterocycles. The number of rotatable bonds is 15. The van der Waals surface area contributed by atoms with Crippen LogP contribution in [0.2, 0.25) is 0 Å². The van der Waals surface area contributed by atoms with Crippen molar-refractivity contribution in [3.05, 3.63) is 369 Å². The van der Waals surface area contributed by atoms with Crippen LogP contribution in [0.5, 0.6) is 11.5 Å². The number of ether oxygens (including phenoxy) is 1. The second-order valence-electron chi connectivity index (χ2n) is 22.7. The number of aromatic nitrogens is 4. The van der Waals surface area contributed by atoms with Gasteiger partial charge in [0.25, 0.3) is 6.33 Å². The van der Waals surface area contributed by atoms with Gasteiger partial charge in [-0.1, -0.05) is 310 Å². The van der Waals surface area contributed by atoms with Gasteiger partial charge in [-0.25, -0.2) is 4.98 Å². The Balaban J connectivity index is 0.0000146. The minimum atomic E-state index is -6.53. The summed E-state index contributed by atoms with van der Waals surface area (Å²) < 4.78 is 407. The molecule has 0 saturated carbocycles. The number of pyridine rings is 1. The molecule has 0 spiro atoms. The van der Waals surface area contributed by atoms with Gasteiger partial charge in [0.05, 0.1) is 70.2 Å². The molecule has 3 heterocycles. The van der Waals surface area contributed by atoms with Gasteiger partial charge in [-0.3, -0.25) is 4.57 Å². The molecule has 16 aromatic rings. The number of fused-ring (bicyclic) bond motifs is 4. The number of imidazole rings is 1. The van der Waals surface area contributed by atoms with Gasteiger partial charge < -0.3 is 13.9 Å². The van der Waals surface area contributed by atoms with Crippen LogP contribution < -0.4 is 50.8 Å². The first-order valence-corrected chi connectivity index (χ1v) is 33.5. The van der Waals surface area contributed by atoms with E-state index in [4.69, 9.17) is 23.9 Å². The van der Waals surface area contributed by atoms with Crippen molar-refractivity contribution in [1.29, 1.82) is 0 Å². The number of benzene rings is 13. The Kier molecular flexibility index (Phi) is 8.32. The molecule has 0 unspecified atom stereocenters. The van der Waals surface area contributed by atoms with Crippen LogP contribution in [0.1, 0.15) is 89.5 Å². The first-order chi connectivity index (χ1) is 64.5. The zero-order valence-electron chi connectivity index (χ0n) is 92.8. The summed E-state index contributed by atoms with van der Waals surface area (Å²) in [4.78, 5) is 4.68. The van der Waals surface area contributed by atoms with E-state index in [9.17, 15) is 38.4 Å². The summed E-state index contributed by atoms with van der Waals surface area (Å²) in [6.07, 6.45) is 4.42. The molecule has 0 saturated heterocycles. The van der Waals surface area contributed by atoms with Gasteiger partial charge in [0.1, 0.15) is 5.82 Å². The van der Waals surface area contributed by atoms with E-state index < -0.39 is 328 Å². The maximum absolute atomic E-state index is 10.9. The summed E-state index contributed by atoms with van der Waals surface area (Å²) in [5.74, 6) is -0.339. The molecule has 0 aliphatic heterocycles. The predicted molar refractivity (Wildman–Crippen MR) is 402 cm³/mol. The second kappa shape index (κ2) is 26.1. The van der Waals surface area contributed by atoms with E-state index in [1.165, 1.54) is 75.9 Å². The van der Waals surface area contributed by atoms with E-state index in [0.29, 0.717) is 16.3 Å². The molecule has 0 aliphatic rings. The van der Waals surface area contributed by atoms with Crippen molar-refractivity contribution in [3.63, 3.8) is 0 Å². The van der Waals surface area contributed by atoms with Gasteiger partial charge in [-0.05, 0) is 111 Å². The van der Waals surface area contributed by atoms with Crippen molar-refractivity contribution in [2.24, 2.45) is 0 Å². The fourth-order valence-electron chi connectivity index (χ4n) is 12.2. The van der Waals surface area contributed by atoms with Crippen LogP contribution in [-0.2, 0) is 26.5 Å². The van der Waals surface area contributed by atoms with Gasteiger partial charge in [-0.15, -0.1) is 29.7 Å². The summed E-state index contributed by atoms with van der Waals surface area (Å²) in [6.45, 7) is 2.00. The Bertz CT molecular complexity index is 7580. The van der Waals surface area contributed by atoms with Gasteiger partial charge in [0.15, 0.2) is 16.1 Å². The Hall–Kier alpha value is -10.8. The zero-order chi connectivity index (χ0) is 101. The van der Waals surface area contributed by atoms with Crippen LogP contribution in [-0.4, -0.2) is 30.3 Å². The molecular weight excluding hydrogens is 1390 g/mol. The summed E-state index contributed by atoms with van der Waals surface area (Å²) in [5.41, 5.74) is -3.84. The van der Waals surface area contributed by atoms with Crippen LogP contribution >= 0.6 is 0 Å². The number of aryl methyl sites for hydroxylation is 1. The first-order valence-electron chi connectivity index (χ1n) is 50.5. The van der Waals surface area contributed by atoms with Crippen LogP contribution in [0, 0.1) is 25.3 Å². The van der Waals surface area contributed by atoms with Crippen molar-refractivity contribution in [3.8, 4) is 50.9 Å². The standard InChI is InChI=1S/C89H68N4OSi2.Pt/c1-64-57-87(90-62-80(64)65-31-12-5-13-32-65)93-82-51-27-26-49-78(82)79-55-54-70(61-84(79)93)94-69-35-29-34-68(60-69)91-63-92(88-81(89(2,3)4)50-30-52-86(88)96(74-42-20-9-21-43-74,75-44-22-10-23-45-75)76-46-24-11-25-47-76)83-56-53-67(59-85(83)91)66-33-28-48-77(58-66)95(71-36-14-6-15-37-71,72-38-16-7-17-39-72)73-40-18-8-19-41-73;/h5-59,62H,1-4H3;/q-2;/i1D3,5D,6D,7D,8D,9D,10D,11D,12D,13D,14D,15D,16D,17D,18D,19D,20D,21D,22D,23D,24D,25D,28D,31D,32D,33D,36D,37D,38D,39D,40D,41D,42D,43D,44D,45D,46D,47D,48D,58D;. The molecule has 5 nitrogen and oxygen atoms in total. The summed E-state index contributed by atoms with van der Waals surface area (Å²) in [5, 5.41) is -6.67. The maximum Gasteiger partial charge on any atom is 0.268 e. The third kappa shape index (κ3) is 11.0. The summed E-state index contributed by atoms with van der Waals surface area (Å²) in [7, 11) is -12.8. The van der Waals surface area contributed by atoms with Crippen LogP contribution in [0.25, 0.3) is 72.3 Å². The molecule has 13 aromatic carbocycles. The topological polar surface area (TPSA) is 35.9 Å². The van der Waals surface area contributed by atoms with E-state index in [0.717, 1.165) is 6.20 Å². The van der Waals surface area contributed by atoms with Gasteiger partial charge in [0, 0.05) is 54.0 Å². The molecular formula is C89H68N4OPtSi2-2. The molecule has 0 atom stereocenters. The Morgan fingerprint density at radius 3 is 1.60 bits per heavy atom. The SMILES string of the molecule is [2H]c1c([2H])c([2H])c(-c2cnc(-n3c4[c-]c(Oc5[c-]c(-n6[c-][n+](-c7c(C(C)(C)C)cccc7[Si](c7c([2H])c([2H])c([2H])c([2H])c7[2H])(c7c([2H])c([2H])c([2H])c([2H])c7[2H])c7c([2H])c([2H])c([2H])c([2H])c7[2H])c7ccc(-c8c([2H])c([2H])c([2H])c([Si](c9c([2H])c([2H])c([2H])c([2H])c9[2H])(c9c([2H])c([2H])c([2H])c([2H])c9[2H])c9c([2H])c([2H])c([2H])c([2H])c9[2H])c8[2H])cc76)ccc5)ccc4c4ccccc43)cc2C([2H])([2H])[2H])c([2H])c1[2H].[Pt]. The van der Waals surface area contributed by atoms with E-state index in [1.807, 2.05) is 0 Å². The molecule has 0 radical (unpaired) electrons. The molecule has 8 heteroatoms. The number of nitrogens with zero attached hydrogens (tertiary/aromatic N) is 4. The van der Waals surface area contributed by atoms with Crippen molar-refractivity contribution in [2.45, 2.75) is 33.0 Å². The summed E-state index contributed by atoms with van der Waals surface area (Å²) >= 11 is 0. The molecule has 0 fully saturated rings. The predicted octanol–water partition coefficient (Wildman–Crippen LogP) is 15.3. The third-order valence-electron chi connectivity index (χ3n) is 16.3. The van der Waals surface area contributed by atoms with Crippen molar-refractivity contribution in [1.82, 2.24) is 14.1 Å². The molecule has 0 aliphatic carbocycles. The van der Waals surface area contributed by atoms with Crippen molar-refractivity contribution >= 4 is 90.5 Å². The van der Waals surface area contributed by atoms with Crippen molar-refractivity contribution < 1.29 is 87.9 Å². The Labute approximate surface area is 643 Å². The largest absolute Gasteiger partial charge is 0.510 e. The van der Waals surface area contributed by atoms with Gasteiger partial charge >= 0.3 is 0 Å². The Morgan fingerprint density at radius 2 is 1.01 bits per heavy atom. The average molecular weight is 1500 g/mol. The fourth-order valence-corrected chi connectivity index (χ4v) is 19.8. The monoisotopic (exact) mass is 1500 g/mol. The molecule has 16 rings (SSSR count). The third-order valence-corrected chi connectivity index (χ3v) is 24.5. The molecule has 97 heavy (non-hydrogen) atoms. The van der Waals surface area contributed by atoms with Crippen LogP contribution in [0.4, 0.5) is 0 Å². The fraction of sp³-hybridized carbons (Fsp3) is 0.0562. The summed E-state index contributed by atoms with van der Waals surface area (Å²) in [6, 6.07) is -13.5. The molecule has 0 N–H and O–H groups in total. The second-order valence-corrected chi connectivity index (χ2v) is 29.7. The van der Waals surface area contributed by atoms with E-state index >= 15 is 0 Å². The molecule has 470 valence electrons. The number of hydrogen-bond acceptors (Lipinski definition) is 2. The first kappa shape index (κ1) is 30.9. The van der Waals surface area contributed by atoms with Crippen molar-refractivity contribution in [2.75, 3.05) is 0 Å². The number of para-hydroxylation sites is 2. The van der Waals surface area contributed by atoms with E-state index in [1.54, 1.807) is 55.7 Å². The maximum atomic E-state index is 10.9. The van der Waals surface area contributed by atoms with Crippen LogP contribution in [0.3, 0.4) is 0 Å². The minimum absolute atomic E-state index is 0. The van der Waals surface area contributed by atoms with Gasteiger partial charge in [0.2, 0.25) is 0 Å². The minimum Gasteiger partial charge on any atom is -0.510 e. The van der Waals surface area contributed by atoms with Crippen LogP contribution in [0.15, 0.2) is 339 Å². The van der Waals surface area contributed by atoms with E-state index in [2.05, 4.69) is 23.4 Å². The van der Waals surface area contributed by atoms with Gasteiger partial charge in [-0.2, -0.15) is 18.2 Å². The quantitative estimate of drug-likeness (QED) is 0.0444. The normalized spacial score (nSPS) is 18.1. The Morgan fingerprint density at radius 1 is 0.474 bits per heavy atom. The molecule has 0 amide bonds. The number of hydrogen-bond donors (Lipinski definition) is 0. The molecule has 0 bridgehead atoms. The smallest absolute Gasteiger partial charge is 0.268 e. The zero-order valence-corrected chi connectivity index (χ0v) is 55.1.